The zero-order valence-corrected chi connectivity index (χ0v) is 12.4. The number of benzene rings is 1. The van der Waals surface area contributed by atoms with Gasteiger partial charge < -0.3 is 24.8 Å². The summed E-state index contributed by atoms with van der Waals surface area (Å²) in [5, 5.41) is 12.5. The maximum Gasteiger partial charge on any atom is 0.409 e. The Morgan fingerprint density at radius 2 is 2.00 bits per heavy atom. The van der Waals surface area contributed by atoms with Gasteiger partial charge in [0.25, 0.3) is 0 Å². The number of nitrogens with one attached hydrogen (secondary N) is 1. The molecule has 0 saturated carbocycles. The standard InChI is InChI=1S/C15H20N2O5/c1-2-21-15(20)17-8-12(13(18)9-17)16-14(19)22-10-11-6-4-3-5-7-11/h3-7,12-13,18H,2,8-10H2,1H3,(H,16,19). The van der Waals surface area contributed by atoms with Crippen LogP contribution < -0.4 is 5.32 Å². The van der Waals surface area contributed by atoms with Gasteiger partial charge >= 0.3 is 12.2 Å². The van der Waals surface area contributed by atoms with Gasteiger partial charge in [0.15, 0.2) is 0 Å². The highest BCUT2D eigenvalue weighted by molar-refractivity contribution is 5.70. The molecule has 2 unspecified atom stereocenters. The molecule has 0 radical (unpaired) electrons. The highest BCUT2D eigenvalue weighted by Crippen LogP contribution is 2.12. The van der Waals surface area contributed by atoms with Crippen molar-refractivity contribution < 1.29 is 24.2 Å². The number of β-amino-alcohol motifs (C(OH)–C–C–N with tert-alkyl or cyclic N) is 1. The van der Waals surface area contributed by atoms with E-state index in [9.17, 15) is 14.7 Å². The zero-order valence-electron chi connectivity index (χ0n) is 12.4. The summed E-state index contributed by atoms with van der Waals surface area (Å²) in [6.07, 6.45) is -1.96. The lowest BCUT2D eigenvalue weighted by molar-refractivity contribution is 0.106. The summed E-state index contributed by atoms with van der Waals surface area (Å²) in [5.74, 6) is 0. The van der Waals surface area contributed by atoms with Gasteiger partial charge in [-0.1, -0.05) is 30.3 Å². The van der Waals surface area contributed by atoms with Gasteiger partial charge in [-0.05, 0) is 12.5 Å². The van der Waals surface area contributed by atoms with Crippen LogP contribution in [0.5, 0.6) is 0 Å². The van der Waals surface area contributed by atoms with Gasteiger partial charge in [0.05, 0.1) is 25.3 Å². The normalized spacial score (nSPS) is 20.5. The minimum Gasteiger partial charge on any atom is -0.450 e. The van der Waals surface area contributed by atoms with Gasteiger partial charge in [0, 0.05) is 6.54 Å². The Hall–Kier alpha value is -2.28. The lowest BCUT2D eigenvalue weighted by Gasteiger charge is -2.16. The fourth-order valence-electron chi connectivity index (χ4n) is 2.21. The van der Waals surface area contributed by atoms with Crippen molar-refractivity contribution in [3.63, 3.8) is 0 Å². The Kier molecular flexibility index (Phi) is 5.60. The third-order valence-corrected chi connectivity index (χ3v) is 3.33. The van der Waals surface area contributed by atoms with Crippen molar-refractivity contribution in [3.05, 3.63) is 35.9 Å². The first kappa shape index (κ1) is 16.1. The van der Waals surface area contributed by atoms with Gasteiger partial charge in [-0.15, -0.1) is 0 Å². The summed E-state index contributed by atoms with van der Waals surface area (Å²) in [4.78, 5) is 24.7. The molecule has 1 fully saturated rings. The van der Waals surface area contributed by atoms with Crippen LogP contribution >= 0.6 is 0 Å². The van der Waals surface area contributed by atoms with E-state index in [-0.39, 0.29) is 26.3 Å². The van der Waals surface area contributed by atoms with Gasteiger partial charge in [0.1, 0.15) is 6.61 Å². The van der Waals surface area contributed by atoms with Gasteiger partial charge in [0.2, 0.25) is 0 Å². The number of hydrogen-bond donors (Lipinski definition) is 2. The van der Waals surface area contributed by atoms with Gasteiger partial charge in [-0.2, -0.15) is 0 Å². The number of carbonyl (C=O) groups is 2. The molecule has 2 atom stereocenters. The van der Waals surface area contributed by atoms with Crippen molar-refractivity contribution in [2.24, 2.45) is 0 Å². The van der Waals surface area contributed by atoms with E-state index in [0.29, 0.717) is 0 Å². The van der Waals surface area contributed by atoms with Crippen molar-refractivity contribution in [3.8, 4) is 0 Å². The van der Waals surface area contributed by atoms with Crippen LogP contribution in [-0.4, -0.2) is 54.0 Å². The third kappa shape index (κ3) is 4.36. The van der Waals surface area contributed by atoms with Crippen molar-refractivity contribution in [2.45, 2.75) is 25.7 Å². The molecule has 0 aliphatic carbocycles. The van der Waals surface area contributed by atoms with E-state index < -0.39 is 24.3 Å². The third-order valence-electron chi connectivity index (χ3n) is 3.33. The summed E-state index contributed by atoms with van der Waals surface area (Å²) in [7, 11) is 0. The number of rotatable bonds is 4. The van der Waals surface area contributed by atoms with E-state index in [1.54, 1.807) is 6.92 Å². The molecule has 1 aromatic carbocycles. The Morgan fingerprint density at radius 1 is 1.27 bits per heavy atom. The molecule has 0 bridgehead atoms. The van der Waals surface area contributed by atoms with Crippen molar-refractivity contribution in [1.82, 2.24) is 10.2 Å². The quantitative estimate of drug-likeness (QED) is 0.870. The molecule has 1 saturated heterocycles. The van der Waals surface area contributed by atoms with Crippen LogP contribution in [0.1, 0.15) is 12.5 Å². The smallest absolute Gasteiger partial charge is 0.409 e. The number of carbonyl (C=O) groups excluding carboxylic acids is 2. The average molecular weight is 308 g/mol. The number of hydrogen-bond acceptors (Lipinski definition) is 5. The molecule has 2 N–H and O–H groups in total. The second-order valence-corrected chi connectivity index (χ2v) is 4.98. The van der Waals surface area contributed by atoms with E-state index in [1.165, 1.54) is 4.90 Å². The summed E-state index contributed by atoms with van der Waals surface area (Å²) >= 11 is 0. The fraction of sp³-hybridized carbons (Fsp3) is 0.467. The number of aliphatic hydroxyl groups excluding tert-OH is 1. The molecule has 2 rings (SSSR count). The van der Waals surface area contributed by atoms with Crippen molar-refractivity contribution >= 4 is 12.2 Å². The van der Waals surface area contributed by atoms with E-state index >= 15 is 0 Å². The van der Waals surface area contributed by atoms with E-state index in [2.05, 4.69) is 5.32 Å². The molecule has 22 heavy (non-hydrogen) atoms. The molecular formula is C15H20N2O5. The van der Waals surface area contributed by atoms with Crippen LogP contribution in [0.3, 0.4) is 0 Å². The van der Waals surface area contributed by atoms with Crippen LogP contribution in [0.15, 0.2) is 30.3 Å². The molecule has 2 amide bonds. The Morgan fingerprint density at radius 3 is 2.68 bits per heavy atom. The van der Waals surface area contributed by atoms with Crippen LogP contribution in [0, 0.1) is 0 Å². The number of aliphatic hydroxyl groups is 1. The average Bonchev–Trinajstić information content (AvgIpc) is 2.88. The summed E-state index contributed by atoms with van der Waals surface area (Å²) < 4.78 is 9.95. The largest absolute Gasteiger partial charge is 0.450 e. The lowest BCUT2D eigenvalue weighted by atomic mass is 10.2. The molecule has 1 aliphatic rings. The molecule has 0 aromatic heterocycles. The Labute approximate surface area is 128 Å². The summed E-state index contributed by atoms with van der Waals surface area (Å²) in [6, 6.07) is 8.72. The Balaban J connectivity index is 1.78. The van der Waals surface area contributed by atoms with Crippen molar-refractivity contribution in [1.29, 1.82) is 0 Å². The van der Waals surface area contributed by atoms with E-state index in [0.717, 1.165) is 5.56 Å². The zero-order chi connectivity index (χ0) is 15.9. The SMILES string of the molecule is CCOC(=O)N1CC(O)C(NC(=O)OCc2ccccc2)C1. The van der Waals surface area contributed by atoms with Gasteiger partial charge in [-0.3, -0.25) is 0 Å². The number of ether oxygens (including phenoxy) is 2. The first-order valence-corrected chi connectivity index (χ1v) is 7.17. The van der Waals surface area contributed by atoms with Gasteiger partial charge in [-0.25, -0.2) is 9.59 Å². The summed E-state index contributed by atoms with van der Waals surface area (Å²) in [5.41, 5.74) is 0.873. The predicted octanol–water partition coefficient (Wildman–Crippen LogP) is 1.11. The molecule has 120 valence electrons. The second-order valence-electron chi connectivity index (χ2n) is 4.98. The van der Waals surface area contributed by atoms with Crippen LogP contribution in [-0.2, 0) is 16.1 Å². The van der Waals surface area contributed by atoms with E-state index in [4.69, 9.17) is 9.47 Å². The Bertz CT molecular complexity index is 508. The molecule has 7 nitrogen and oxygen atoms in total. The first-order chi connectivity index (χ1) is 10.6. The van der Waals surface area contributed by atoms with Crippen molar-refractivity contribution in [2.75, 3.05) is 19.7 Å². The minimum absolute atomic E-state index is 0.127. The van der Waals surface area contributed by atoms with Crippen LogP contribution in [0.4, 0.5) is 9.59 Å². The maximum atomic E-state index is 11.7. The molecule has 1 aliphatic heterocycles. The second kappa shape index (κ2) is 7.65. The molecular weight excluding hydrogens is 288 g/mol. The number of alkyl carbamates (subject to hydrolysis) is 1. The number of amides is 2. The van der Waals surface area contributed by atoms with E-state index in [1.807, 2.05) is 30.3 Å². The first-order valence-electron chi connectivity index (χ1n) is 7.17. The maximum absolute atomic E-state index is 11.7. The highest BCUT2D eigenvalue weighted by atomic mass is 16.6. The fourth-order valence-corrected chi connectivity index (χ4v) is 2.21. The minimum atomic E-state index is -0.839. The molecule has 1 aromatic rings. The topological polar surface area (TPSA) is 88.1 Å². The monoisotopic (exact) mass is 308 g/mol. The predicted molar refractivity (Wildman–Crippen MR) is 78.2 cm³/mol. The number of likely N-dealkylation sites (tertiary alicyclic amines) is 1. The lowest BCUT2D eigenvalue weighted by Crippen LogP contribution is -2.43. The molecule has 0 spiro atoms. The molecule has 1 heterocycles. The summed E-state index contributed by atoms with van der Waals surface area (Å²) in [6.45, 7) is 2.45. The van der Waals surface area contributed by atoms with Crippen LogP contribution in [0.25, 0.3) is 0 Å². The number of nitrogens with zero attached hydrogens (tertiary/aromatic N) is 1. The highest BCUT2D eigenvalue weighted by Gasteiger charge is 2.35. The molecule has 7 heteroatoms. The van der Waals surface area contributed by atoms with Crippen LogP contribution in [0.2, 0.25) is 0 Å².